The van der Waals surface area contributed by atoms with Crippen LogP contribution in [-0.2, 0) is 4.74 Å². The Kier molecular flexibility index (Phi) is 4.44. The maximum absolute atomic E-state index is 5.81. The minimum Gasteiger partial charge on any atom is -0.349 e. The lowest BCUT2D eigenvalue weighted by Crippen LogP contribution is -2.37. The molecule has 15 heavy (non-hydrogen) atoms. The van der Waals surface area contributed by atoms with Crippen LogP contribution in [0.15, 0.2) is 0 Å². The van der Waals surface area contributed by atoms with Crippen molar-refractivity contribution in [1.82, 2.24) is 0 Å². The highest BCUT2D eigenvalue weighted by atomic mass is 16.5. The summed E-state index contributed by atoms with van der Waals surface area (Å²) in [7, 11) is 0. The molecule has 0 aromatic carbocycles. The van der Waals surface area contributed by atoms with Crippen molar-refractivity contribution in [3.63, 3.8) is 0 Å². The van der Waals surface area contributed by atoms with Crippen LogP contribution in [0.5, 0.6) is 0 Å². The van der Waals surface area contributed by atoms with Gasteiger partial charge in [0.1, 0.15) is 12.2 Å². The van der Waals surface area contributed by atoms with Crippen molar-refractivity contribution in [1.29, 1.82) is 0 Å². The molecule has 1 heteroatoms. The van der Waals surface area contributed by atoms with Crippen molar-refractivity contribution in [3.05, 3.63) is 0 Å². The van der Waals surface area contributed by atoms with Gasteiger partial charge in [0.15, 0.2) is 0 Å². The number of terminal acetylenes is 2. The van der Waals surface area contributed by atoms with Crippen LogP contribution in [-0.4, -0.2) is 12.2 Å². The van der Waals surface area contributed by atoms with E-state index in [4.69, 9.17) is 17.6 Å². The fourth-order valence-corrected chi connectivity index (χ4v) is 1.12. The van der Waals surface area contributed by atoms with Crippen LogP contribution in [0.4, 0.5) is 0 Å². The van der Waals surface area contributed by atoms with Crippen LogP contribution in [0.25, 0.3) is 0 Å². The molecule has 0 rings (SSSR count). The zero-order valence-corrected chi connectivity index (χ0v) is 10.7. The second-order valence-corrected chi connectivity index (χ2v) is 5.96. The van der Waals surface area contributed by atoms with E-state index in [0.717, 1.165) is 0 Å². The Morgan fingerprint density at radius 2 is 1.07 bits per heavy atom. The van der Waals surface area contributed by atoms with E-state index < -0.39 is 0 Å². The van der Waals surface area contributed by atoms with E-state index in [1.165, 1.54) is 0 Å². The highest BCUT2D eigenvalue weighted by Crippen LogP contribution is 2.28. The van der Waals surface area contributed by atoms with Crippen LogP contribution in [0.3, 0.4) is 0 Å². The minimum absolute atomic E-state index is 0.0882. The average Bonchev–Trinajstić information content (AvgIpc) is 2.01. The first-order chi connectivity index (χ1) is 6.62. The van der Waals surface area contributed by atoms with E-state index in [2.05, 4.69) is 11.8 Å². The SMILES string of the molecule is C#CC(OC(C#C)C(C)(C)C)C(C)(C)C. The van der Waals surface area contributed by atoms with Crippen molar-refractivity contribution in [2.75, 3.05) is 0 Å². The summed E-state index contributed by atoms with van der Waals surface area (Å²) in [5.41, 5.74) is -0.176. The standard InChI is InChI=1S/C14H22O/c1-9-11(13(3,4)5)15-12(10-2)14(6,7)8/h1-2,11-12H,3-8H3. The van der Waals surface area contributed by atoms with Gasteiger partial charge in [-0.3, -0.25) is 0 Å². The molecule has 2 atom stereocenters. The molecule has 2 unspecified atom stereocenters. The van der Waals surface area contributed by atoms with E-state index >= 15 is 0 Å². The first-order valence-electron chi connectivity index (χ1n) is 5.20. The van der Waals surface area contributed by atoms with Gasteiger partial charge >= 0.3 is 0 Å². The lowest BCUT2D eigenvalue weighted by Gasteiger charge is -2.33. The lowest BCUT2D eigenvalue weighted by molar-refractivity contribution is -0.0505. The van der Waals surface area contributed by atoms with Gasteiger partial charge < -0.3 is 4.74 Å². The molecule has 0 aliphatic rings. The summed E-state index contributed by atoms with van der Waals surface area (Å²) in [6.07, 6.45) is 10.4. The van der Waals surface area contributed by atoms with Crippen LogP contribution in [0.2, 0.25) is 0 Å². The number of ether oxygens (including phenoxy) is 1. The molecule has 0 amide bonds. The Morgan fingerprint density at radius 1 is 0.800 bits per heavy atom. The van der Waals surface area contributed by atoms with Crippen molar-refractivity contribution in [2.24, 2.45) is 10.8 Å². The molecule has 0 N–H and O–H groups in total. The van der Waals surface area contributed by atoms with Crippen LogP contribution >= 0.6 is 0 Å². The van der Waals surface area contributed by atoms with Crippen LogP contribution in [0.1, 0.15) is 41.5 Å². The average molecular weight is 206 g/mol. The first kappa shape index (κ1) is 14.1. The Bertz CT molecular complexity index is 244. The Balaban J connectivity index is 4.72. The second kappa shape index (κ2) is 4.73. The third-order valence-electron chi connectivity index (χ3n) is 2.15. The van der Waals surface area contributed by atoms with E-state index in [-0.39, 0.29) is 23.0 Å². The molecule has 1 nitrogen and oxygen atoms in total. The van der Waals surface area contributed by atoms with E-state index in [0.29, 0.717) is 0 Å². The molecule has 0 aromatic heterocycles. The Labute approximate surface area is 94.6 Å². The summed E-state index contributed by atoms with van der Waals surface area (Å²) < 4.78 is 5.81. The van der Waals surface area contributed by atoms with Gasteiger partial charge in [-0.15, -0.1) is 12.8 Å². The van der Waals surface area contributed by atoms with Gasteiger partial charge in [-0.05, 0) is 10.8 Å². The Hall–Kier alpha value is -0.920. The molecule has 0 aliphatic carbocycles. The summed E-state index contributed by atoms with van der Waals surface area (Å²) in [6.45, 7) is 12.3. The summed E-state index contributed by atoms with van der Waals surface area (Å²) in [5.74, 6) is 5.32. The van der Waals surface area contributed by atoms with Crippen molar-refractivity contribution in [2.45, 2.75) is 53.8 Å². The maximum Gasteiger partial charge on any atom is 0.124 e. The summed E-state index contributed by atoms with van der Waals surface area (Å²) in [6, 6.07) is 0. The second-order valence-electron chi connectivity index (χ2n) is 5.96. The predicted molar refractivity (Wildman–Crippen MR) is 65.2 cm³/mol. The maximum atomic E-state index is 5.81. The van der Waals surface area contributed by atoms with Gasteiger partial charge in [-0.25, -0.2) is 0 Å². The van der Waals surface area contributed by atoms with E-state index in [9.17, 15) is 0 Å². The summed E-state index contributed by atoms with van der Waals surface area (Å²) in [4.78, 5) is 0. The lowest BCUT2D eigenvalue weighted by atomic mass is 9.86. The Morgan fingerprint density at radius 3 is 1.20 bits per heavy atom. The first-order valence-corrected chi connectivity index (χ1v) is 5.20. The monoisotopic (exact) mass is 206 g/mol. The topological polar surface area (TPSA) is 9.23 Å². The van der Waals surface area contributed by atoms with Gasteiger partial charge in [0, 0.05) is 0 Å². The van der Waals surface area contributed by atoms with Gasteiger partial charge in [-0.2, -0.15) is 0 Å². The summed E-state index contributed by atoms with van der Waals surface area (Å²) >= 11 is 0. The molecule has 84 valence electrons. The number of hydrogen-bond donors (Lipinski definition) is 0. The molecule has 0 aromatic rings. The van der Waals surface area contributed by atoms with Crippen molar-refractivity contribution >= 4 is 0 Å². The van der Waals surface area contributed by atoms with E-state index in [1.54, 1.807) is 0 Å². The predicted octanol–water partition coefficient (Wildman–Crippen LogP) is 3.10. The highest BCUT2D eigenvalue weighted by Gasteiger charge is 2.31. The summed E-state index contributed by atoms with van der Waals surface area (Å²) in [5, 5.41) is 0. The molecular weight excluding hydrogens is 184 g/mol. The third kappa shape index (κ3) is 4.41. The normalized spacial score (nSPS) is 16.3. The molecule has 0 fully saturated rings. The smallest absolute Gasteiger partial charge is 0.124 e. The molecule has 0 aliphatic heterocycles. The molecule has 0 radical (unpaired) electrons. The van der Waals surface area contributed by atoms with Crippen LogP contribution in [0, 0.1) is 35.5 Å². The van der Waals surface area contributed by atoms with Crippen LogP contribution < -0.4 is 0 Å². The number of rotatable bonds is 2. The van der Waals surface area contributed by atoms with Crippen molar-refractivity contribution < 1.29 is 4.74 Å². The van der Waals surface area contributed by atoms with Gasteiger partial charge in [-0.1, -0.05) is 53.4 Å². The molecule has 0 heterocycles. The highest BCUT2D eigenvalue weighted by molar-refractivity contribution is 5.07. The third-order valence-corrected chi connectivity index (χ3v) is 2.15. The number of hydrogen-bond acceptors (Lipinski definition) is 1. The zero-order valence-electron chi connectivity index (χ0n) is 10.7. The fraction of sp³-hybridized carbons (Fsp3) is 0.714. The molecule has 0 bridgehead atoms. The van der Waals surface area contributed by atoms with Gasteiger partial charge in [0.2, 0.25) is 0 Å². The zero-order chi connectivity index (χ0) is 12.3. The molecule has 0 spiro atoms. The van der Waals surface area contributed by atoms with Crippen molar-refractivity contribution in [3.8, 4) is 24.7 Å². The molecule has 0 saturated heterocycles. The van der Waals surface area contributed by atoms with E-state index in [1.807, 2.05) is 41.5 Å². The molecule has 0 saturated carbocycles. The van der Waals surface area contributed by atoms with Gasteiger partial charge in [0.05, 0.1) is 0 Å². The fourth-order valence-electron chi connectivity index (χ4n) is 1.12. The van der Waals surface area contributed by atoms with Gasteiger partial charge in [0.25, 0.3) is 0 Å². The largest absolute Gasteiger partial charge is 0.349 e. The molecular formula is C14H22O. The quantitative estimate of drug-likeness (QED) is 0.631. The minimum atomic E-state index is -0.252.